The summed E-state index contributed by atoms with van der Waals surface area (Å²) in [5.74, 6) is -0.649. The fourth-order valence-electron chi connectivity index (χ4n) is 2.50. The van der Waals surface area contributed by atoms with Gasteiger partial charge < -0.3 is 10.2 Å². The lowest BCUT2D eigenvalue weighted by molar-refractivity contribution is -0.132. The molecule has 1 aliphatic rings. The van der Waals surface area contributed by atoms with Crippen LogP contribution in [0.2, 0.25) is 0 Å². The van der Waals surface area contributed by atoms with Crippen LogP contribution in [0.25, 0.3) is 0 Å². The number of sulfone groups is 1. The molecule has 2 rings (SSSR count). The van der Waals surface area contributed by atoms with E-state index in [1.165, 1.54) is 19.1 Å². The van der Waals surface area contributed by atoms with Gasteiger partial charge in [-0.3, -0.25) is 4.79 Å². The Kier molecular flexibility index (Phi) is 5.18. The molecule has 1 aromatic rings. The van der Waals surface area contributed by atoms with Gasteiger partial charge in [0.05, 0.1) is 10.1 Å². The summed E-state index contributed by atoms with van der Waals surface area (Å²) in [7, 11) is -3.63. The standard InChI is InChI=1S/C15H21FN2O3S/c1-11-10-18(8-7-17-11)15(19)9-12(2)22(20,21)14-5-3-13(16)4-6-14/h3-6,11-12,17H,7-10H2,1-2H3/t11-,12-/m1/s1. The Balaban J connectivity index is 2.05. The van der Waals surface area contributed by atoms with Crippen molar-refractivity contribution in [2.24, 2.45) is 0 Å². The van der Waals surface area contributed by atoms with E-state index in [2.05, 4.69) is 5.32 Å². The van der Waals surface area contributed by atoms with E-state index in [4.69, 9.17) is 0 Å². The van der Waals surface area contributed by atoms with Crippen molar-refractivity contribution < 1.29 is 17.6 Å². The zero-order valence-corrected chi connectivity index (χ0v) is 13.6. The van der Waals surface area contributed by atoms with Crippen molar-refractivity contribution in [2.45, 2.75) is 36.5 Å². The highest BCUT2D eigenvalue weighted by atomic mass is 32.2. The molecule has 1 aliphatic heterocycles. The largest absolute Gasteiger partial charge is 0.340 e. The predicted octanol–water partition coefficient (Wildman–Crippen LogP) is 1.20. The Hall–Kier alpha value is -1.47. The number of nitrogens with one attached hydrogen (secondary N) is 1. The molecule has 0 radical (unpaired) electrons. The maximum atomic E-state index is 12.9. The molecule has 1 amide bonds. The Labute approximate surface area is 130 Å². The Morgan fingerprint density at radius 2 is 2.05 bits per heavy atom. The van der Waals surface area contributed by atoms with E-state index < -0.39 is 20.9 Å². The molecule has 7 heteroatoms. The van der Waals surface area contributed by atoms with Crippen LogP contribution >= 0.6 is 0 Å². The molecule has 1 aromatic carbocycles. The molecule has 0 aliphatic carbocycles. The maximum absolute atomic E-state index is 12.9. The van der Waals surface area contributed by atoms with Crippen LogP contribution in [0.3, 0.4) is 0 Å². The second-order valence-corrected chi connectivity index (χ2v) is 8.07. The van der Waals surface area contributed by atoms with Gasteiger partial charge in [-0.1, -0.05) is 0 Å². The smallest absolute Gasteiger partial charge is 0.223 e. The first-order chi connectivity index (χ1) is 10.3. The van der Waals surface area contributed by atoms with E-state index in [1.807, 2.05) is 6.92 Å². The monoisotopic (exact) mass is 328 g/mol. The summed E-state index contributed by atoms with van der Waals surface area (Å²) in [6.45, 7) is 5.39. The van der Waals surface area contributed by atoms with E-state index in [-0.39, 0.29) is 23.3 Å². The number of carbonyl (C=O) groups is 1. The second-order valence-electron chi connectivity index (χ2n) is 5.71. The van der Waals surface area contributed by atoms with E-state index in [0.29, 0.717) is 19.6 Å². The normalized spacial score (nSPS) is 20.7. The number of nitrogens with zero attached hydrogens (tertiary/aromatic N) is 1. The third-order valence-electron chi connectivity index (χ3n) is 3.86. The zero-order chi connectivity index (χ0) is 16.3. The van der Waals surface area contributed by atoms with Gasteiger partial charge in [0, 0.05) is 32.1 Å². The molecule has 1 N–H and O–H groups in total. The molecule has 0 bridgehead atoms. The van der Waals surface area contributed by atoms with Gasteiger partial charge >= 0.3 is 0 Å². The number of amides is 1. The second kappa shape index (κ2) is 6.75. The number of piperazine rings is 1. The van der Waals surface area contributed by atoms with Gasteiger partial charge in [-0.05, 0) is 38.1 Å². The fraction of sp³-hybridized carbons (Fsp3) is 0.533. The first-order valence-electron chi connectivity index (χ1n) is 7.31. The number of rotatable bonds is 4. The van der Waals surface area contributed by atoms with Crippen molar-refractivity contribution in [3.8, 4) is 0 Å². The van der Waals surface area contributed by atoms with E-state index in [1.54, 1.807) is 4.90 Å². The highest BCUT2D eigenvalue weighted by Gasteiger charge is 2.29. The molecule has 0 aromatic heterocycles. The summed E-state index contributed by atoms with van der Waals surface area (Å²) in [4.78, 5) is 14.0. The van der Waals surface area contributed by atoms with Gasteiger partial charge in [0.25, 0.3) is 0 Å². The summed E-state index contributed by atoms with van der Waals surface area (Å²) >= 11 is 0. The van der Waals surface area contributed by atoms with Crippen molar-refractivity contribution in [3.63, 3.8) is 0 Å². The first kappa shape index (κ1) is 16.9. The van der Waals surface area contributed by atoms with E-state index in [0.717, 1.165) is 12.1 Å². The number of carbonyl (C=O) groups excluding carboxylic acids is 1. The average molecular weight is 328 g/mol. The van der Waals surface area contributed by atoms with Crippen LogP contribution in [0.5, 0.6) is 0 Å². The molecule has 0 unspecified atom stereocenters. The molecule has 2 atom stereocenters. The van der Waals surface area contributed by atoms with Crippen molar-refractivity contribution in [2.75, 3.05) is 19.6 Å². The van der Waals surface area contributed by atoms with Crippen LogP contribution in [-0.2, 0) is 14.6 Å². The number of hydrogen-bond donors (Lipinski definition) is 1. The zero-order valence-electron chi connectivity index (χ0n) is 12.8. The molecule has 0 spiro atoms. The summed E-state index contributed by atoms with van der Waals surface area (Å²) in [5, 5.41) is 2.40. The molecular weight excluding hydrogens is 307 g/mol. The SMILES string of the molecule is C[C@@H]1CN(C(=O)C[C@@H](C)S(=O)(=O)c2ccc(F)cc2)CCN1. The highest BCUT2D eigenvalue weighted by Crippen LogP contribution is 2.19. The van der Waals surface area contributed by atoms with Crippen molar-refractivity contribution in [1.29, 1.82) is 0 Å². The topological polar surface area (TPSA) is 66.5 Å². The molecule has 22 heavy (non-hydrogen) atoms. The average Bonchev–Trinajstić information content (AvgIpc) is 2.47. The molecule has 1 heterocycles. The Bertz CT molecular complexity index is 631. The van der Waals surface area contributed by atoms with Crippen LogP contribution in [0.1, 0.15) is 20.3 Å². The van der Waals surface area contributed by atoms with Gasteiger partial charge in [-0.25, -0.2) is 12.8 Å². The van der Waals surface area contributed by atoms with Gasteiger partial charge in [-0.15, -0.1) is 0 Å². The summed E-state index contributed by atoms with van der Waals surface area (Å²) < 4.78 is 37.7. The summed E-state index contributed by atoms with van der Waals surface area (Å²) in [6, 6.07) is 4.90. The van der Waals surface area contributed by atoms with E-state index >= 15 is 0 Å². The Morgan fingerprint density at radius 3 is 2.64 bits per heavy atom. The summed E-state index contributed by atoms with van der Waals surface area (Å²) in [5.41, 5.74) is 0. The van der Waals surface area contributed by atoms with Gasteiger partial charge in [0.2, 0.25) is 5.91 Å². The number of hydrogen-bond acceptors (Lipinski definition) is 4. The van der Waals surface area contributed by atoms with Crippen LogP contribution in [0, 0.1) is 5.82 Å². The Morgan fingerprint density at radius 1 is 1.41 bits per heavy atom. The van der Waals surface area contributed by atoms with Gasteiger partial charge in [-0.2, -0.15) is 0 Å². The molecule has 122 valence electrons. The molecule has 0 saturated carbocycles. The lowest BCUT2D eigenvalue weighted by atomic mass is 10.2. The molecule has 1 fully saturated rings. The fourth-order valence-corrected chi connectivity index (χ4v) is 3.84. The molecular formula is C15H21FN2O3S. The first-order valence-corrected chi connectivity index (χ1v) is 8.86. The number of benzene rings is 1. The predicted molar refractivity (Wildman–Crippen MR) is 81.7 cm³/mol. The van der Waals surface area contributed by atoms with Crippen LogP contribution in [0.4, 0.5) is 4.39 Å². The van der Waals surface area contributed by atoms with Crippen molar-refractivity contribution in [1.82, 2.24) is 10.2 Å². The highest BCUT2D eigenvalue weighted by molar-refractivity contribution is 7.92. The van der Waals surface area contributed by atoms with Crippen LogP contribution in [-0.4, -0.2) is 50.2 Å². The third kappa shape index (κ3) is 3.84. The van der Waals surface area contributed by atoms with E-state index in [9.17, 15) is 17.6 Å². The van der Waals surface area contributed by atoms with Gasteiger partial charge in [0.1, 0.15) is 5.82 Å². The van der Waals surface area contributed by atoms with Crippen molar-refractivity contribution in [3.05, 3.63) is 30.1 Å². The lowest BCUT2D eigenvalue weighted by Crippen LogP contribution is -2.51. The maximum Gasteiger partial charge on any atom is 0.223 e. The van der Waals surface area contributed by atoms with Crippen LogP contribution < -0.4 is 5.32 Å². The number of halogens is 1. The third-order valence-corrected chi connectivity index (χ3v) is 6.01. The molecule has 5 nitrogen and oxygen atoms in total. The molecule has 1 saturated heterocycles. The quantitative estimate of drug-likeness (QED) is 0.844. The minimum Gasteiger partial charge on any atom is -0.340 e. The summed E-state index contributed by atoms with van der Waals surface area (Å²) in [6.07, 6.45) is -0.0631. The minimum atomic E-state index is -3.63. The van der Waals surface area contributed by atoms with Gasteiger partial charge in [0.15, 0.2) is 9.84 Å². The minimum absolute atomic E-state index is 0.0443. The van der Waals surface area contributed by atoms with Crippen molar-refractivity contribution >= 4 is 15.7 Å². The van der Waals surface area contributed by atoms with Crippen LogP contribution in [0.15, 0.2) is 29.2 Å². The lowest BCUT2D eigenvalue weighted by Gasteiger charge is -2.32.